The molecule has 1 aliphatic carbocycles. The van der Waals surface area contributed by atoms with Crippen LogP contribution in [0.4, 0.5) is 8.78 Å². The van der Waals surface area contributed by atoms with E-state index in [1.807, 2.05) is 0 Å². The second-order valence-electron chi connectivity index (χ2n) is 6.04. The van der Waals surface area contributed by atoms with E-state index in [2.05, 4.69) is 15.1 Å². The number of aromatic nitrogens is 2. The van der Waals surface area contributed by atoms with Crippen molar-refractivity contribution in [2.24, 2.45) is 5.92 Å². The van der Waals surface area contributed by atoms with E-state index in [9.17, 15) is 8.78 Å². The molecule has 7 heteroatoms. The average Bonchev–Trinajstić information content (AvgIpc) is 2.88. The molecule has 1 saturated carbocycles. The Morgan fingerprint density at radius 1 is 1.29 bits per heavy atom. The van der Waals surface area contributed by atoms with Crippen LogP contribution in [0.5, 0.6) is 0 Å². The molecule has 1 atom stereocenters. The van der Waals surface area contributed by atoms with Gasteiger partial charge in [-0.15, -0.1) is 10.2 Å². The molecule has 2 aliphatic rings. The number of ether oxygens (including phenoxy) is 1. The van der Waals surface area contributed by atoms with Gasteiger partial charge in [0.2, 0.25) is 17.7 Å². The molecule has 0 spiro atoms. The van der Waals surface area contributed by atoms with E-state index < -0.39 is 5.92 Å². The Hall–Kier alpha value is -1.08. The minimum absolute atomic E-state index is 0.00629. The summed E-state index contributed by atoms with van der Waals surface area (Å²) in [5.74, 6) is -1.06. The minimum Gasteiger partial charge on any atom is -0.424 e. The van der Waals surface area contributed by atoms with Crippen LogP contribution in [0.2, 0.25) is 0 Å². The lowest BCUT2D eigenvalue weighted by molar-refractivity contribution is -0.0622. The number of hydrogen-bond acceptors (Lipinski definition) is 5. The van der Waals surface area contributed by atoms with Gasteiger partial charge in [0.15, 0.2) is 0 Å². The maximum Gasteiger partial charge on any atom is 0.248 e. The predicted molar refractivity (Wildman–Crippen MR) is 71.1 cm³/mol. The summed E-state index contributed by atoms with van der Waals surface area (Å²) >= 11 is 0. The number of aryl methyl sites for hydroxylation is 1. The van der Waals surface area contributed by atoms with Crippen molar-refractivity contribution in [3.8, 4) is 0 Å². The maximum absolute atomic E-state index is 13.2. The standard InChI is InChI=1S/C14H21F2N3O2/c1-10-17-18-13(21-10)12-9-20-7-6-19(12)8-11-2-4-14(15,16)5-3-11/h11-12H,2-9H2,1H3/t12-/m0/s1. The molecule has 1 saturated heterocycles. The molecule has 2 heterocycles. The largest absolute Gasteiger partial charge is 0.424 e. The predicted octanol–water partition coefficient (Wildman–Crippen LogP) is 2.58. The summed E-state index contributed by atoms with van der Waals surface area (Å²) in [4.78, 5) is 2.24. The normalized spacial score (nSPS) is 27.9. The highest BCUT2D eigenvalue weighted by atomic mass is 19.3. The highest BCUT2D eigenvalue weighted by Crippen LogP contribution is 2.37. The van der Waals surface area contributed by atoms with Crippen molar-refractivity contribution in [2.45, 2.75) is 44.6 Å². The number of halogens is 2. The summed E-state index contributed by atoms with van der Waals surface area (Å²) in [6.07, 6.45) is 1.18. The average molecular weight is 301 g/mol. The maximum atomic E-state index is 13.2. The van der Waals surface area contributed by atoms with E-state index in [0.29, 0.717) is 43.8 Å². The molecule has 1 aromatic rings. The van der Waals surface area contributed by atoms with Gasteiger partial charge in [0.25, 0.3) is 0 Å². The molecule has 2 fully saturated rings. The van der Waals surface area contributed by atoms with Crippen LogP contribution < -0.4 is 0 Å². The van der Waals surface area contributed by atoms with Gasteiger partial charge in [0.05, 0.1) is 13.2 Å². The van der Waals surface area contributed by atoms with Crippen molar-refractivity contribution in [3.05, 3.63) is 11.8 Å². The zero-order valence-corrected chi connectivity index (χ0v) is 12.2. The van der Waals surface area contributed by atoms with E-state index in [1.54, 1.807) is 6.92 Å². The second kappa shape index (κ2) is 5.96. The highest BCUT2D eigenvalue weighted by molar-refractivity contribution is 4.93. The van der Waals surface area contributed by atoms with Crippen LogP contribution in [-0.2, 0) is 4.74 Å². The first-order valence-electron chi connectivity index (χ1n) is 7.53. The first-order valence-corrected chi connectivity index (χ1v) is 7.53. The molecular weight excluding hydrogens is 280 g/mol. The van der Waals surface area contributed by atoms with Crippen LogP contribution in [-0.4, -0.2) is 47.3 Å². The molecule has 5 nitrogen and oxygen atoms in total. The Balaban J connectivity index is 1.62. The van der Waals surface area contributed by atoms with Crippen LogP contribution in [0, 0.1) is 12.8 Å². The second-order valence-corrected chi connectivity index (χ2v) is 6.04. The summed E-state index contributed by atoms with van der Waals surface area (Å²) in [5.41, 5.74) is 0. The lowest BCUT2D eigenvalue weighted by atomic mass is 9.86. The van der Waals surface area contributed by atoms with Gasteiger partial charge >= 0.3 is 0 Å². The first kappa shape index (κ1) is 14.8. The van der Waals surface area contributed by atoms with Gasteiger partial charge in [-0.25, -0.2) is 8.78 Å². The molecule has 0 unspecified atom stereocenters. The third-order valence-corrected chi connectivity index (χ3v) is 4.40. The van der Waals surface area contributed by atoms with Gasteiger partial charge in [0, 0.05) is 32.9 Å². The van der Waals surface area contributed by atoms with Crippen molar-refractivity contribution in [3.63, 3.8) is 0 Å². The van der Waals surface area contributed by atoms with Crippen molar-refractivity contribution in [2.75, 3.05) is 26.3 Å². The number of hydrogen-bond donors (Lipinski definition) is 0. The summed E-state index contributed by atoms with van der Waals surface area (Å²) in [5, 5.41) is 7.94. The number of rotatable bonds is 3. The Bertz CT molecular complexity index is 471. The lowest BCUT2D eigenvalue weighted by Crippen LogP contribution is -2.43. The lowest BCUT2D eigenvalue weighted by Gasteiger charge is -2.37. The SMILES string of the molecule is Cc1nnc([C@@H]2COCCN2CC2CCC(F)(F)CC2)o1. The Morgan fingerprint density at radius 3 is 2.71 bits per heavy atom. The third-order valence-electron chi connectivity index (χ3n) is 4.40. The van der Waals surface area contributed by atoms with Crippen LogP contribution in [0.1, 0.15) is 43.5 Å². The highest BCUT2D eigenvalue weighted by Gasteiger charge is 2.37. The minimum atomic E-state index is -2.47. The zero-order chi connectivity index (χ0) is 14.9. The van der Waals surface area contributed by atoms with Gasteiger partial charge in [0.1, 0.15) is 6.04 Å². The molecule has 1 aliphatic heterocycles. The fraction of sp³-hybridized carbons (Fsp3) is 0.857. The first-order chi connectivity index (χ1) is 10.0. The zero-order valence-electron chi connectivity index (χ0n) is 12.2. The molecule has 0 aromatic carbocycles. The molecule has 0 bridgehead atoms. The third kappa shape index (κ3) is 3.58. The molecule has 0 N–H and O–H groups in total. The van der Waals surface area contributed by atoms with E-state index in [1.165, 1.54) is 0 Å². The Kier molecular flexibility index (Phi) is 4.21. The molecular formula is C14H21F2N3O2. The quantitative estimate of drug-likeness (QED) is 0.859. The number of alkyl halides is 2. The smallest absolute Gasteiger partial charge is 0.248 e. The van der Waals surface area contributed by atoms with Gasteiger partial charge in [-0.05, 0) is 18.8 Å². The molecule has 1 aromatic heterocycles. The van der Waals surface area contributed by atoms with Crippen molar-refractivity contribution in [1.29, 1.82) is 0 Å². The summed E-state index contributed by atoms with van der Waals surface area (Å²) in [7, 11) is 0. The summed E-state index contributed by atoms with van der Waals surface area (Å²) < 4.78 is 37.5. The van der Waals surface area contributed by atoms with Crippen molar-refractivity contribution < 1.29 is 17.9 Å². The van der Waals surface area contributed by atoms with E-state index >= 15 is 0 Å². The van der Waals surface area contributed by atoms with Gasteiger partial charge in [-0.1, -0.05) is 0 Å². The number of nitrogens with zero attached hydrogens (tertiary/aromatic N) is 3. The molecule has 0 radical (unpaired) electrons. The van der Waals surface area contributed by atoms with Gasteiger partial charge < -0.3 is 9.15 Å². The van der Waals surface area contributed by atoms with Gasteiger partial charge in [-0.2, -0.15) is 0 Å². The molecule has 3 rings (SSSR count). The molecule has 0 amide bonds. The Morgan fingerprint density at radius 2 is 2.05 bits per heavy atom. The number of morpholine rings is 1. The fourth-order valence-electron chi connectivity index (χ4n) is 3.14. The van der Waals surface area contributed by atoms with E-state index in [4.69, 9.17) is 9.15 Å². The van der Waals surface area contributed by atoms with Crippen LogP contribution >= 0.6 is 0 Å². The van der Waals surface area contributed by atoms with Crippen LogP contribution in [0.15, 0.2) is 4.42 Å². The van der Waals surface area contributed by atoms with Crippen molar-refractivity contribution >= 4 is 0 Å². The Labute approximate surface area is 122 Å². The van der Waals surface area contributed by atoms with Gasteiger partial charge in [-0.3, -0.25) is 4.90 Å². The fourth-order valence-corrected chi connectivity index (χ4v) is 3.14. The summed E-state index contributed by atoms with van der Waals surface area (Å²) in [6.45, 7) is 4.51. The molecule has 21 heavy (non-hydrogen) atoms. The van der Waals surface area contributed by atoms with Crippen LogP contribution in [0.25, 0.3) is 0 Å². The van der Waals surface area contributed by atoms with Crippen molar-refractivity contribution in [1.82, 2.24) is 15.1 Å². The van der Waals surface area contributed by atoms with Crippen LogP contribution in [0.3, 0.4) is 0 Å². The molecule has 118 valence electrons. The van der Waals surface area contributed by atoms with E-state index in [0.717, 1.165) is 13.1 Å². The topological polar surface area (TPSA) is 51.4 Å². The summed E-state index contributed by atoms with van der Waals surface area (Å²) in [6, 6.07) is -0.0533. The van der Waals surface area contributed by atoms with E-state index in [-0.39, 0.29) is 18.9 Å². The monoisotopic (exact) mass is 301 g/mol.